The summed E-state index contributed by atoms with van der Waals surface area (Å²) in [6.07, 6.45) is 4.25. The molecule has 0 aliphatic carbocycles. The number of rotatable bonds is 4. The highest BCUT2D eigenvalue weighted by atomic mass is 16.3. The number of carbonyl (C=O) groups is 1. The molecule has 0 aliphatic heterocycles. The van der Waals surface area contributed by atoms with Crippen LogP contribution in [0.4, 0.5) is 0 Å². The highest BCUT2D eigenvalue weighted by Crippen LogP contribution is 2.13. The van der Waals surface area contributed by atoms with E-state index in [9.17, 15) is 9.90 Å². The van der Waals surface area contributed by atoms with Crippen LogP contribution >= 0.6 is 0 Å². The highest BCUT2D eigenvalue weighted by molar-refractivity contribution is 5.95. The number of aromatic nitrogens is 1. The number of phenols is 1. The van der Waals surface area contributed by atoms with Gasteiger partial charge in [0.15, 0.2) is 5.78 Å². The Morgan fingerprint density at radius 1 is 1.35 bits per heavy atom. The standard InChI is InChI=1S/C14H15NO2/c1-2-14(17)12-6-7-15(10-12)9-11-4-3-5-13(16)8-11/h3-8,10,16H,2,9H2,1H3. The normalized spacial score (nSPS) is 10.4. The Balaban J connectivity index is 2.14. The summed E-state index contributed by atoms with van der Waals surface area (Å²) in [6, 6.07) is 8.95. The van der Waals surface area contributed by atoms with Crippen LogP contribution in [0.25, 0.3) is 0 Å². The summed E-state index contributed by atoms with van der Waals surface area (Å²) in [5.41, 5.74) is 1.75. The van der Waals surface area contributed by atoms with Gasteiger partial charge in [-0.15, -0.1) is 0 Å². The topological polar surface area (TPSA) is 42.2 Å². The molecule has 0 radical (unpaired) electrons. The predicted octanol–water partition coefficient (Wildman–Crippen LogP) is 2.83. The predicted molar refractivity (Wildman–Crippen MR) is 66.3 cm³/mol. The van der Waals surface area contributed by atoms with Gasteiger partial charge in [-0.3, -0.25) is 4.79 Å². The fourth-order valence-corrected chi connectivity index (χ4v) is 1.77. The number of hydrogen-bond acceptors (Lipinski definition) is 2. The molecule has 2 aromatic rings. The Hall–Kier alpha value is -2.03. The third-order valence-corrected chi connectivity index (χ3v) is 2.67. The molecule has 0 saturated heterocycles. The first-order chi connectivity index (χ1) is 8.19. The third-order valence-electron chi connectivity index (χ3n) is 2.67. The summed E-state index contributed by atoms with van der Waals surface area (Å²) in [4.78, 5) is 11.5. The first-order valence-corrected chi connectivity index (χ1v) is 5.66. The number of Topliss-reactive ketones (excluding diaryl/α,β-unsaturated/α-hetero) is 1. The Morgan fingerprint density at radius 2 is 2.18 bits per heavy atom. The molecule has 0 unspecified atom stereocenters. The van der Waals surface area contributed by atoms with Crippen LogP contribution in [0.1, 0.15) is 29.3 Å². The molecule has 0 fully saturated rings. The fourth-order valence-electron chi connectivity index (χ4n) is 1.77. The average Bonchev–Trinajstić information content (AvgIpc) is 2.76. The van der Waals surface area contributed by atoms with Crippen molar-refractivity contribution in [2.75, 3.05) is 0 Å². The number of aromatic hydroxyl groups is 1. The van der Waals surface area contributed by atoms with Gasteiger partial charge in [-0.05, 0) is 23.8 Å². The quantitative estimate of drug-likeness (QED) is 0.819. The van der Waals surface area contributed by atoms with E-state index < -0.39 is 0 Å². The second kappa shape index (κ2) is 4.87. The molecule has 2 rings (SSSR count). The Labute approximate surface area is 100 Å². The van der Waals surface area contributed by atoms with E-state index in [0.717, 1.165) is 11.1 Å². The molecule has 88 valence electrons. The zero-order chi connectivity index (χ0) is 12.3. The highest BCUT2D eigenvalue weighted by Gasteiger charge is 2.05. The van der Waals surface area contributed by atoms with Crippen LogP contribution in [0.3, 0.4) is 0 Å². The van der Waals surface area contributed by atoms with Gasteiger partial charge in [-0.2, -0.15) is 0 Å². The van der Waals surface area contributed by atoms with E-state index in [1.165, 1.54) is 0 Å². The summed E-state index contributed by atoms with van der Waals surface area (Å²) in [6.45, 7) is 2.51. The zero-order valence-electron chi connectivity index (χ0n) is 9.76. The molecule has 0 saturated carbocycles. The Kier molecular flexibility index (Phi) is 3.28. The number of carbonyl (C=O) groups excluding carboxylic acids is 1. The summed E-state index contributed by atoms with van der Waals surface area (Å²) in [5, 5.41) is 9.36. The lowest BCUT2D eigenvalue weighted by Crippen LogP contribution is -1.98. The van der Waals surface area contributed by atoms with Gasteiger partial charge in [0, 0.05) is 30.9 Å². The van der Waals surface area contributed by atoms with Crippen molar-refractivity contribution in [3.63, 3.8) is 0 Å². The van der Waals surface area contributed by atoms with Crippen LogP contribution in [0.5, 0.6) is 5.75 Å². The minimum atomic E-state index is 0.152. The maximum Gasteiger partial charge on any atom is 0.164 e. The largest absolute Gasteiger partial charge is 0.508 e. The lowest BCUT2D eigenvalue weighted by molar-refractivity contribution is 0.0988. The fraction of sp³-hybridized carbons (Fsp3) is 0.214. The third kappa shape index (κ3) is 2.75. The number of phenolic OH excluding ortho intramolecular Hbond substituents is 1. The van der Waals surface area contributed by atoms with Gasteiger partial charge in [-0.1, -0.05) is 19.1 Å². The van der Waals surface area contributed by atoms with Crippen molar-refractivity contribution in [2.24, 2.45) is 0 Å². The van der Waals surface area contributed by atoms with E-state index in [0.29, 0.717) is 13.0 Å². The molecule has 0 atom stereocenters. The van der Waals surface area contributed by atoms with E-state index in [2.05, 4.69) is 0 Å². The molecule has 3 nitrogen and oxygen atoms in total. The summed E-state index contributed by atoms with van der Waals surface area (Å²) < 4.78 is 1.94. The van der Waals surface area contributed by atoms with Crippen molar-refractivity contribution in [1.29, 1.82) is 0 Å². The minimum absolute atomic E-state index is 0.152. The van der Waals surface area contributed by atoms with Gasteiger partial charge in [0.2, 0.25) is 0 Å². The second-order valence-corrected chi connectivity index (χ2v) is 4.02. The van der Waals surface area contributed by atoms with Crippen LogP contribution in [0.15, 0.2) is 42.7 Å². The average molecular weight is 229 g/mol. The van der Waals surface area contributed by atoms with E-state index in [4.69, 9.17) is 0 Å². The summed E-state index contributed by atoms with van der Waals surface area (Å²) >= 11 is 0. The molecule has 1 aromatic heterocycles. The summed E-state index contributed by atoms with van der Waals surface area (Å²) in [7, 11) is 0. The molecule has 1 N–H and O–H groups in total. The molecule has 17 heavy (non-hydrogen) atoms. The van der Waals surface area contributed by atoms with Crippen LogP contribution in [0, 0.1) is 0 Å². The SMILES string of the molecule is CCC(=O)c1ccn(Cc2cccc(O)c2)c1. The Bertz CT molecular complexity index is 529. The number of benzene rings is 1. The first-order valence-electron chi connectivity index (χ1n) is 5.66. The van der Waals surface area contributed by atoms with Crippen LogP contribution < -0.4 is 0 Å². The Morgan fingerprint density at radius 3 is 2.88 bits per heavy atom. The maximum absolute atomic E-state index is 11.5. The van der Waals surface area contributed by atoms with Crippen molar-refractivity contribution in [1.82, 2.24) is 4.57 Å². The smallest absolute Gasteiger partial charge is 0.164 e. The molecule has 1 heterocycles. The zero-order valence-corrected chi connectivity index (χ0v) is 9.76. The minimum Gasteiger partial charge on any atom is -0.508 e. The monoisotopic (exact) mass is 229 g/mol. The van der Waals surface area contributed by atoms with Crippen molar-refractivity contribution in [3.05, 3.63) is 53.9 Å². The molecule has 0 bridgehead atoms. The van der Waals surface area contributed by atoms with Crippen LogP contribution in [-0.4, -0.2) is 15.5 Å². The first kappa shape index (κ1) is 11.5. The molecular weight excluding hydrogens is 214 g/mol. The van der Waals surface area contributed by atoms with Gasteiger partial charge in [-0.25, -0.2) is 0 Å². The number of ketones is 1. The van der Waals surface area contributed by atoms with Crippen LogP contribution in [-0.2, 0) is 6.54 Å². The van der Waals surface area contributed by atoms with E-state index >= 15 is 0 Å². The van der Waals surface area contributed by atoms with Crippen molar-refractivity contribution < 1.29 is 9.90 Å². The van der Waals surface area contributed by atoms with E-state index in [1.807, 2.05) is 42.1 Å². The molecule has 1 aromatic carbocycles. The maximum atomic E-state index is 11.5. The van der Waals surface area contributed by atoms with E-state index in [1.54, 1.807) is 12.1 Å². The molecule has 0 spiro atoms. The molecule has 0 aliphatic rings. The molecule has 0 amide bonds. The van der Waals surface area contributed by atoms with Gasteiger partial charge >= 0.3 is 0 Å². The summed E-state index contributed by atoms with van der Waals surface area (Å²) in [5.74, 6) is 0.416. The van der Waals surface area contributed by atoms with Crippen molar-refractivity contribution in [2.45, 2.75) is 19.9 Å². The van der Waals surface area contributed by atoms with Gasteiger partial charge < -0.3 is 9.67 Å². The lowest BCUT2D eigenvalue weighted by Gasteiger charge is -2.03. The van der Waals surface area contributed by atoms with Crippen LogP contribution in [0.2, 0.25) is 0 Å². The second-order valence-electron chi connectivity index (χ2n) is 4.02. The van der Waals surface area contributed by atoms with Gasteiger partial charge in [0.25, 0.3) is 0 Å². The number of hydrogen-bond donors (Lipinski definition) is 1. The number of nitrogens with zero attached hydrogens (tertiary/aromatic N) is 1. The van der Waals surface area contributed by atoms with Gasteiger partial charge in [0.1, 0.15) is 5.75 Å². The van der Waals surface area contributed by atoms with E-state index in [-0.39, 0.29) is 11.5 Å². The van der Waals surface area contributed by atoms with Gasteiger partial charge in [0.05, 0.1) is 0 Å². The van der Waals surface area contributed by atoms with Crippen molar-refractivity contribution >= 4 is 5.78 Å². The van der Waals surface area contributed by atoms with Crippen molar-refractivity contribution in [3.8, 4) is 5.75 Å². The molecule has 3 heteroatoms. The lowest BCUT2D eigenvalue weighted by atomic mass is 10.2. The molecular formula is C14H15NO2.